The number of hydrogen-bond donors (Lipinski definition) is 1. The van der Waals surface area contributed by atoms with Crippen LogP contribution in [0.4, 0.5) is 0 Å². The van der Waals surface area contributed by atoms with E-state index in [1.165, 1.54) is 0 Å². The quantitative estimate of drug-likeness (QED) is 0.582. The zero-order chi connectivity index (χ0) is 18.5. The fourth-order valence-electron chi connectivity index (χ4n) is 2.34. The molecule has 0 saturated heterocycles. The number of para-hydroxylation sites is 2. The molecule has 1 aromatic carbocycles. The van der Waals surface area contributed by atoms with E-state index in [1.807, 2.05) is 24.3 Å². The first kappa shape index (κ1) is 17.0. The van der Waals surface area contributed by atoms with Crippen molar-refractivity contribution in [3.8, 4) is 11.9 Å². The van der Waals surface area contributed by atoms with Crippen LogP contribution in [0.15, 0.2) is 53.8 Å². The maximum Gasteiger partial charge on any atom is 0.245 e. The Morgan fingerprint density at radius 2 is 1.85 bits per heavy atom. The molecule has 1 amide bonds. The summed E-state index contributed by atoms with van der Waals surface area (Å²) in [5, 5.41) is 17.2. The SMILES string of the molecule is CCC(=O)N=c1ccn(-c2nc3ccccc3nc2C(=C=N)C#N)cc1. The van der Waals surface area contributed by atoms with Crippen molar-refractivity contribution in [2.75, 3.05) is 0 Å². The van der Waals surface area contributed by atoms with Gasteiger partial charge in [0.1, 0.15) is 17.3 Å². The Labute approximate surface area is 149 Å². The highest BCUT2D eigenvalue weighted by atomic mass is 16.1. The predicted molar refractivity (Wildman–Crippen MR) is 96.5 cm³/mol. The lowest BCUT2D eigenvalue weighted by Crippen LogP contribution is -2.10. The highest BCUT2D eigenvalue weighted by Crippen LogP contribution is 2.20. The molecule has 0 spiro atoms. The Hall–Kier alpha value is -3.88. The van der Waals surface area contributed by atoms with Crippen LogP contribution in [0.2, 0.25) is 0 Å². The second-order valence-corrected chi connectivity index (χ2v) is 5.32. The number of allylic oxidation sites excluding steroid dienone is 1. The van der Waals surface area contributed by atoms with Crippen LogP contribution in [0.5, 0.6) is 0 Å². The number of rotatable bonds is 3. The van der Waals surface area contributed by atoms with Gasteiger partial charge >= 0.3 is 0 Å². The van der Waals surface area contributed by atoms with E-state index in [2.05, 4.69) is 20.8 Å². The van der Waals surface area contributed by atoms with Crippen LogP contribution in [0.3, 0.4) is 0 Å². The second kappa shape index (κ2) is 7.34. The number of hydrogen-bond acceptors (Lipinski definition) is 5. The van der Waals surface area contributed by atoms with Gasteiger partial charge in [-0.25, -0.2) is 15.0 Å². The number of benzene rings is 1. The molecule has 0 radical (unpaired) electrons. The molecule has 0 aliphatic rings. The number of nitrogens with one attached hydrogen (secondary N) is 1. The smallest absolute Gasteiger partial charge is 0.245 e. The number of nitrogens with zero attached hydrogens (tertiary/aromatic N) is 5. The molecular formula is C19H14N6O. The van der Waals surface area contributed by atoms with Crippen LogP contribution >= 0.6 is 0 Å². The minimum absolute atomic E-state index is 0.0133. The summed E-state index contributed by atoms with van der Waals surface area (Å²) in [5.41, 5.74) is 1.53. The van der Waals surface area contributed by atoms with Gasteiger partial charge in [0.05, 0.1) is 16.4 Å². The number of aromatic nitrogens is 3. The summed E-state index contributed by atoms with van der Waals surface area (Å²) in [5.74, 6) is 2.31. The number of fused-ring (bicyclic) bond motifs is 1. The molecular weight excluding hydrogens is 328 g/mol. The lowest BCUT2D eigenvalue weighted by atomic mass is 10.2. The van der Waals surface area contributed by atoms with E-state index in [1.54, 1.807) is 42.1 Å². The summed E-state index contributed by atoms with van der Waals surface area (Å²) >= 11 is 0. The largest absolute Gasteiger partial charge is 0.307 e. The van der Waals surface area contributed by atoms with Crippen molar-refractivity contribution in [2.45, 2.75) is 13.3 Å². The molecule has 0 aliphatic carbocycles. The third kappa shape index (κ3) is 3.31. The Bertz CT molecular complexity index is 1140. The summed E-state index contributed by atoms with van der Waals surface area (Å²) in [4.78, 5) is 24.5. The molecule has 26 heavy (non-hydrogen) atoms. The Kier molecular flexibility index (Phi) is 4.79. The topological polar surface area (TPSA) is 108 Å². The summed E-state index contributed by atoms with van der Waals surface area (Å²) in [6.07, 6.45) is 3.71. The number of amides is 1. The van der Waals surface area contributed by atoms with E-state index in [9.17, 15) is 10.1 Å². The molecule has 1 N–H and O–H groups in total. The lowest BCUT2D eigenvalue weighted by molar-refractivity contribution is -0.117. The van der Waals surface area contributed by atoms with Crippen molar-refractivity contribution in [2.24, 2.45) is 4.99 Å². The maximum atomic E-state index is 11.4. The number of carbonyl (C=O) groups is 1. The normalized spacial score (nSPS) is 10.0. The van der Waals surface area contributed by atoms with Gasteiger partial charge < -0.3 is 4.57 Å². The Morgan fingerprint density at radius 1 is 1.19 bits per heavy atom. The van der Waals surface area contributed by atoms with Gasteiger partial charge in [-0.15, -0.1) is 0 Å². The third-order valence-electron chi connectivity index (χ3n) is 3.64. The highest BCUT2D eigenvalue weighted by molar-refractivity contribution is 5.98. The first-order valence-electron chi connectivity index (χ1n) is 7.89. The van der Waals surface area contributed by atoms with Gasteiger partial charge in [-0.2, -0.15) is 5.26 Å². The van der Waals surface area contributed by atoms with Gasteiger partial charge in [0, 0.05) is 18.8 Å². The van der Waals surface area contributed by atoms with Crippen molar-refractivity contribution in [3.63, 3.8) is 0 Å². The standard InChI is InChI=1S/C19H14N6O/c1-2-17(26)22-14-7-9-25(10-8-14)19-18(13(11-20)12-21)23-15-5-3-4-6-16(15)24-19/h3-10,20H,2H2,1H3. The van der Waals surface area contributed by atoms with Crippen LogP contribution < -0.4 is 5.36 Å². The van der Waals surface area contributed by atoms with Crippen molar-refractivity contribution < 1.29 is 4.79 Å². The average Bonchev–Trinajstić information content (AvgIpc) is 2.69. The van der Waals surface area contributed by atoms with E-state index >= 15 is 0 Å². The van der Waals surface area contributed by atoms with Gasteiger partial charge in [-0.1, -0.05) is 19.1 Å². The Morgan fingerprint density at radius 3 is 2.42 bits per heavy atom. The van der Waals surface area contributed by atoms with Crippen molar-refractivity contribution >= 4 is 28.4 Å². The first-order valence-corrected chi connectivity index (χ1v) is 7.89. The van der Waals surface area contributed by atoms with Crippen molar-refractivity contribution in [1.29, 1.82) is 10.7 Å². The van der Waals surface area contributed by atoms with Gasteiger partial charge in [0.15, 0.2) is 5.82 Å². The summed E-state index contributed by atoms with van der Waals surface area (Å²) in [6.45, 7) is 1.75. The number of pyridine rings is 1. The van der Waals surface area contributed by atoms with Crippen LogP contribution in [0.25, 0.3) is 22.4 Å². The second-order valence-electron chi connectivity index (χ2n) is 5.32. The van der Waals surface area contributed by atoms with Gasteiger partial charge in [-0.05, 0) is 30.1 Å². The summed E-state index contributed by atoms with van der Waals surface area (Å²) < 4.78 is 1.67. The highest BCUT2D eigenvalue weighted by Gasteiger charge is 2.14. The third-order valence-corrected chi connectivity index (χ3v) is 3.64. The van der Waals surface area contributed by atoms with E-state index in [0.717, 1.165) is 0 Å². The fourth-order valence-corrected chi connectivity index (χ4v) is 2.34. The molecule has 2 aromatic heterocycles. The minimum Gasteiger partial charge on any atom is -0.307 e. The zero-order valence-electron chi connectivity index (χ0n) is 14.0. The molecule has 0 unspecified atom stereocenters. The van der Waals surface area contributed by atoms with Crippen molar-refractivity contribution in [1.82, 2.24) is 14.5 Å². The van der Waals surface area contributed by atoms with E-state index < -0.39 is 0 Å². The molecule has 3 rings (SSSR count). The fraction of sp³-hybridized carbons (Fsp3) is 0.105. The van der Waals surface area contributed by atoms with E-state index in [4.69, 9.17) is 5.41 Å². The molecule has 0 bridgehead atoms. The lowest BCUT2D eigenvalue weighted by Gasteiger charge is -2.10. The molecule has 0 aliphatic heterocycles. The van der Waals surface area contributed by atoms with Gasteiger partial charge in [0.2, 0.25) is 5.91 Å². The average molecular weight is 342 g/mol. The monoisotopic (exact) mass is 342 g/mol. The maximum absolute atomic E-state index is 11.4. The van der Waals surface area contributed by atoms with Gasteiger partial charge in [-0.3, -0.25) is 10.2 Å². The van der Waals surface area contributed by atoms with E-state index in [0.29, 0.717) is 28.6 Å². The van der Waals surface area contributed by atoms with Crippen LogP contribution in [0, 0.1) is 16.7 Å². The number of carbonyl (C=O) groups excluding carboxylic acids is 1. The predicted octanol–water partition coefficient (Wildman–Crippen LogP) is 2.41. The van der Waals surface area contributed by atoms with Gasteiger partial charge in [0.25, 0.3) is 0 Å². The summed E-state index contributed by atoms with van der Waals surface area (Å²) in [6, 6.07) is 12.6. The van der Waals surface area contributed by atoms with Crippen LogP contribution in [0.1, 0.15) is 19.0 Å². The molecule has 0 saturated carbocycles. The molecule has 126 valence electrons. The molecule has 3 aromatic rings. The molecule has 7 heteroatoms. The zero-order valence-corrected chi connectivity index (χ0v) is 14.0. The van der Waals surface area contributed by atoms with Crippen molar-refractivity contribution in [3.05, 3.63) is 59.8 Å². The Balaban J connectivity index is 2.21. The van der Waals surface area contributed by atoms with Crippen LogP contribution in [-0.4, -0.2) is 26.3 Å². The minimum atomic E-state index is -0.201. The van der Waals surface area contributed by atoms with Crippen LogP contribution in [-0.2, 0) is 4.79 Å². The van der Waals surface area contributed by atoms with E-state index in [-0.39, 0.29) is 17.2 Å². The first-order chi connectivity index (χ1) is 12.7. The molecule has 0 atom stereocenters. The summed E-state index contributed by atoms with van der Waals surface area (Å²) in [7, 11) is 0. The molecule has 7 nitrogen and oxygen atoms in total. The number of nitriles is 1. The molecule has 0 fully saturated rings. The molecule has 2 heterocycles.